The lowest BCUT2D eigenvalue weighted by Crippen LogP contribution is -2.53. The number of carbonyl (C=O) groups excluding carboxylic acids is 1. The highest BCUT2D eigenvalue weighted by Crippen LogP contribution is 2.19. The number of hydrogen-bond acceptors (Lipinski definition) is 2. The Bertz CT molecular complexity index is 339. The van der Waals surface area contributed by atoms with Crippen molar-refractivity contribution in [2.24, 2.45) is 5.41 Å². The first kappa shape index (κ1) is 16.3. The highest BCUT2D eigenvalue weighted by Gasteiger charge is 2.32. The monoisotopic (exact) mass is 254 g/mol. The van der Waals surface area contributed by atoms with Crippen molar-refractivity contribution in [1.82, 2.24) is 10.6 Å². The summed E-state index contributed by atoms with van der Waals surface area (Å²) in [5.41, 5.74) is -0.559. The van der Waals surface area contributed by atoms with Gasteiger partial charge >= 0.3 is 12.0 Å². The van der Waals surface area contributed by atoms with Gasteiger partial charge in [-0.25, -0.2) is 9.59 Å². The Labute approximate surface area is 108 Å². The van der Waals surface area contributed by atoms with E-state index in [1.54, 1.807) is 20.8 Å². The average Bonchev–Trinajstić information content (AvgIpc) is 2.23. The summed E-state index contributed by atoms with van der Waals surface area (Å²) >= 11 is 0. The first-order valence-corrected chi connectivity index (χ1v) is 5.95. The Kier molecular flexibility index (Phi) is 6.24. The van der Waals surface area contributed by atoms with Gasteiger partial charge in [-0.3, -0.25) is 0 Å². The van der Waals surface area contributed by atoms with Gasteiger partial charge in [0.1, 0.15) is 6.04 Å². The van der Waals surface area contributed by atoms with E-state index in [1.165, 1.54) is 0 Å². The van der Waals surface area contributed by atoms with E-state index in [1.807, 2.05) is 6.92 Å². The van der Waals surface area contributed by atoms with E-state index >= 15 is 0 Å². The Morgan fingerprint density at radius 2 is 1.89 bits per heavy atom. The van der Waals surface area contributed by atoms with Gasteiger partial charge in [0.15, 0.2) is 0 Å². The Balaban J connectivity index is 4.54. The lowest BCUT2D eigenvalue weighted by Gasteiger charge is -2.28. The third-order valence-electron chi connectivity index (χ3n) is 2.58. The molecule has 0 fully saturated rings. The number of hydrogen-bond donors (Lipinski definition) is 3. The Hall–Kier alpha value is -1.70. The first-order chi connectivity index (χ1) is 8.22. The van der Waals surface area contributed by atoms with E-state index in [2.05, 4.69) is 16.6 Å². The number of terminal acetylenes is 1. The standard InChI is InChI=1S/C13H22N2O3/c1-6-8-9(7-2)14-12(18)15-10(11(16)17)13(3,4)5/h1,9-10H,7-8H2,2-5H3,(H,16,17)(H2,14,15,18)/t9?,10-/m1/s1. The molecule has 0 aromatic heterocycles. The number of nitrogens with one attached hydrogen (secondary N) is 2. The highest BCUT2D eigenvalue weighted by molar-refractivity contribution is 5.83. The van der Waals surface area contributed by atoms with Gasteiger partial charge in [0.25, 0.3) is 0 Å². The van der Waals surface area contributed by atoms with Gasteiger partial charge in [-0.05, 0) is 11.8 Å². The maximum absolute atomic E-state index is 11.7. The van der Waals surface area contributed by atoms with Crippen LogP contribution in [-0.4, -0.2) is 29.2 Å². The second-order valence-corrected chi connectivity index (χ2v) is 5.27. The van der Waals surface area contributed by atoms with E-state index in [0.717, 1.165) is 0 Å². The molecule has 0 heterocycles. The highest BCUT2D eigenvalue weighted by atomic mass is 16.4. The van der Waals surface area contributed by atoms with Crippen molar-refractivity contribution in [3.63, 3.8) is 0 Å². The van der Waals surface area contributed by atoms with Gasteiger partial charge in [-0.15, -0.1) is 12.3 Å². The SMILES string of the molecule is C#CCC(CC)NC(=O)N[C@H](C(=O)O)C(C)(C)C. The zero-order valence-electron chi connectivity index (χ0n) is 11.4. The number of carboxylic acids is 1. The second-order valence-electron chi connectivity index (χ2n) is 5.27. The van der Waals surface area contributed by atoms with Crippen LogP contribution in [0, 0.1) is 17.8 Å². The molecule has 2 atom stereocenters. The molecular formula is C13H22N2O3. The maximum Gasteiger partial charge on any atom is 0.326 e. The molecule has 0 rings (SSSR count). The summed E-state index contributed by atoms with van der Waals surface area (Å²) in [4.78, 5) is 22.8. The molecule has 0 spiro atoms. The predicted octanol–water partition coefficient (Wildman–Crippen LogP) is 1.59. The van der Waals surface area contributed by atoms with Crippen molar-refractivity contribution >= 4 is 12.0 Å². The maximum atomic E-state index is 11.7. The van der Waals surface area contributed by atoms with Gasteiger partial charge in [0, 0.05) is 12.5 Å². The lowest BCUT2D eigenvalue weighted by atomic mass is 9.87. The van der Waals surface area contributed by atoms with Crippen molar-refractivity contribution in [3.05, 3.63) is 0 Å². The van der Waals surface area contributed by atoms with Crippen LogP contribution in [-0.2, 0) is 4.79 Å². The number of carbonyl (C=O) groups is 2. The Morgan fingerprint density at radius 3 is 2.22 bits per heavy atom. The second kappa shape index (κ2) is 6.90. The molecule has 5 heteroatoms. The van der Waals surface area contributed by atoms with E-state index in [0.29, 0.717) is 12.8 Å². The van der Waals surface area contributed by atoms with Crippen LogP contribution in [0.3, 0.4) is 0 Å². The molecule has 0 saturated heterocycles. The summed E-state index contributed by atoms with van der Waals surface area (Å²) in [7, 11) is 0. The Morgan fingerprint density at radius 1 is 1.33 bits per heavy atom. The van der Waals surface area contributed by atoms with E-state index in [9.17, 15) is 9.59 Å². The zero-order valence-corrected chi connectivity index (χ0v) is 11.4. The number of rotatable bonds is 5. The van der Waals surface area contributed by atoms with Gasteiger partial charge in [-0.1, -0.05) is 27.7 Å². The third-order valence-corrected chi connectivity index (χ3v) is 2.58. The molecular weight excluding hydrogens is 232 g/mol. The summed E-state index contributed by atoms with van der Waals surface area (Å²) in [6.45, 7) is 7.17. The molecule has 0 aromatic carbocycles. The van der Waals surface area contributed by atoms with Crippen molar-refractivity contribution in [1.29, 1.82) is 0 Å². The molecule has 1 unspecified atom stereocenters. The molecule has 0 aromatic rings. The fraction of sp³-hybridized carbons (Fsp3) is 0.692. The molecule has 0 saturated carbocycles. The van der Waals surface area contributed by atoms with E-state index in [-0.39, 0.29) is 6.04 Å². The molecule has 102 valence electrons. The van der Waals surface area contributed by atoms with Crippen LogP contribution in [0.25, 0.3) is 0 Å². The smallest absolute Gasteiger partial charge is 0.326 e. The molecule has 18 heavy (non-hydrogen) atoms. The van der Waals surface area contributed by atoms with Crippen LogP contribution in [0.2, 0.25) is 0 Å². The summed E-state index contributed by atoms with van der Waals surface area (Å²) in [5.74, 6) is 1.42. The summed E-state index contributed by atoms with van der Waals surface area (Å²) in [6.07, 6.45) is 6.31. The summed E-state index contributed by atoms with van der Waals surface area (Å²) in [5, 5.41) is 14.2. The normalized spacial score (nSPS) is 14.2. The molecule has 3 N–H and O–H groups in total. The first-order valence-electron chi connectivity index (χ1n) is 5.95. The van der Waals surface area contributed by atoms with Crippen LogP contribution in [0.15, 0.2) is 0 Å². The summed E-state index contributed by atoms with van der Waals surface area (Å²) in [6, 6.07) is -1.58. The van der Waals surface area contributed by atoms with Gasteiger partial charge < -0.3 is 15.7 Å². The van der Waals surface area contributed by atoms with Crippen LogP contribution in [0.5, 0.6) is 0 Å². The number of urea groups is 1. The number of amides is 2. The van der Waals surface area contributed by atoms with Crippen LogP contribution < -0.4 is 10.6 Å². The molecule has 0 aliphatic heterocycles. The van der Waals surface area contributed by atoms with E-state index < -0.39 is 23.5 Å². The largest absolute Gasteiger partial charge is 0.480 e. The molecule has 0 radical (unpaired) electrons. The molecule has 0 bridgehead atoms. The predicted molar refractivity (Wildman–Crippen MR) is 70.1 cm³/mol. The zero-order chi connectivity index (χ0) is 14.3. The molecule has 0 aliphatic carbocycles. The molecule has 5 nitrogen and oxygen atoms in total. The van der Waals surface area contributed by atoms with Crippen molar-refractivity contribution in [3.8, 4) is 12.3 Å². The summed E-state index contributed by atoms with van der Waals surface area (Å²) < 4.78 is 0. The van der Waals surface area contributed by atoms with Gasteiger partial charge in [0.2, 0.25) is 0 Å². The van der Waals surface area contributed by atoms with Gasteiger partial charge in [0.05, 0.1) is 0 Å². The minimum Gasteiger partial charge on any atom is -0.480 e. The van der Waals surface area contributed by atoms with Gasteiger partial charge in [-0.2, -0.15) is 0 Å². The molecule has 0 aliphatic rings. The minimum atomic E-state index is -1.05. The van der Waals surface area contributed by atoms with Crippen molar-refractivity contribution in [2.75, 3.05) is 0 Å². The third kappa shape index (κ3) is 5.58. The van der Waals surface area contributed by atoms with Crippen LogP contribution >= 0.6 is 0 Å². The minimum absolute atomic E-state index is 0.135. The number of carboxylic acid groups (broad SMARTS) is 1. The quantitative estimate of drug-likeness (QED) is 0.652. The average molecular weight is 254 g/mol. The van der Waals surface area contributed by atoms with Crippen molar-refractivity contribution < 1.29 is 14.7 Å². The van der Waals surface area contributed by atoms with Crippen molar-refractivity contribution in [2.45, 2.75) is 52.6 Å². The fourth-order valence-electron chi connectivity index (χ4n) is 1.45. The lowest BCUT2D eigenvalue weighted by molar-refractivity contribution is -0.141. The fourth-order valence-corrected chi connectivity index (χ4v) is 1.45. The van der Waals surface area contributed by atoms with Crippen LogP contribution in [0.4, 0.5) is 4.79 Å². The molecule has 2 amide bonds. The van der Waals surface area contributed by atoms with E-state index in [4.69, 9.17) is 11.5 Å². The topological polar surface area (TPSA) is 78.4 Å². The van der Waals surface area contributed by atoms with Crippen LogP contribution in [0.1, 0.15) is 40.5 Å². The number of aliphatic carboxylic acids is 1.